The third kappa shape index (κ3) is 3.62. The highest BCUT2D eigenvalue weighted by Gasteiger charge is 2.17. The minimum Gasteiger partial charge on any atom is -0.291 e. The molecule has 0 aliphatic rings. The number of nitrogens with one attached hydrogen (secondary N) is 1. The molecule has 1 aromatic carbocycles. The molecule has 3 rings (SSSR count). The summed E-state index contributed by atoms with van der Waals surface area (Å²) in [5.74, 6) is 0.0244. The fourth-order valence-corrected chi connectivity index (χ4v) is 2.41. The average molecular weight is 345 g/mol. The molecule has 0 aliphatic carbocycles. The Balaban J connectivity index is 1.65. The highest BCUT2D eigenvalue weighted by molar-refractivity contribution is 6.31. The summed E-state index contributed by atoms with van der Waals surface area (Å²) in [5.41, 5.74) is 1.79. The monoisotopic (exact) mass is 344 g/mol. The topological polar surface area (TPSA) is 77.6 Å². The van der Waals surface area contributed by atoms with Gasteiger partial charge in [-0.2, -0.15) is 5.10 Å². The lowest BCUT2D eigenvalue weighted by molar-refractivity contribution is -0.119. The van der Waals surface area contributed by atoms with Crippen molar-refractivity contribution in [2.45, 2.75) is 26.4 Å². The van der Waals surface area contributed by atoms with Gasteiger partial charge in [0.1, 0.15) is 12.4 Å². The first kappa shape index (κ1) is 16.2. The van der Waals surface area contributed by atoms with Crippen molar-refractivity contribution in [3.63, 3.8) is 0 Å². The van der Waals surface area contributed by atoms with E-state index in [-0.39, 0.29) is 11.9 Å². The zero-order valence-corrected chi connectivity index (χ0v) is 14.1. The van der Waals surface area contributed by atoms with Crippen molar-refractivity contribution in [1.29, 1.82) is 0 Å². The third-order valence-electron chi connectivity index (χ3n) is 3.58. The van der Waals surface area contributed by atoms with Gasteiger partial charge in [-0.15, -0.1) is 5.10 Å². The van der Waals surface area contributed by atoms with E-state index in [1.807, 2.05) is 37.3 Å². The van der Waals surface area contributed by atoms with Gasteiger partial charge in [0.2, 0.25) is 5.95 Å². The molecule has 2 heterocycles. The van der Waals surface area contributed by atoms with Gasteiger partial charge < -0.3 is 0 Å². The predicted octanol–water partition coefficient (Wildman–Crippen LogP) is 2.68. The Labute approximate surface area is 144 Å². The fourth-order valence-electron chi connectivity index (χ4n) is 2.21. The number of aryl methyl sites for hydroxylation is 1. The smallest absolute Gasteiger partial charge is 0.251 e. The quantitative estimate of drug-likeness (QED) is 0.772. The maximum Gasteiger partial charge on any atom is 0.251 e. The molecule has 1 atom stereocenters. The highest BCUT2D eigenvalue weighted by atomic mass is 35.5. The lowest BCUT2D eigenvalue weighted by atomic mass is 10.2. The van der Waals surface area contributed by atoms with Crippen molar-refractivity contribution in [3.05, 3.63) is 59.1 Å². The second-order valence-electron chi connectivity index (χ2n) is 5.46. The molecular formula is C16H17ClN6O. The van der Waals surface area contributed by atoms with Gasteiger partial charge in [-0.1, -0.05) is 29.8 Å². The fraction of sp³-hybridized carbons (Fsp3) is 0.250. The van der Waals surface area contributed by atoms with Crippen LogP contribution in [0.5, 0.6) is 0 Å². The first-order valence-electron chi connectivity index (χ1n) is 7.48. The molecule has 24 heavy (non-hydrogen) atoms. The van der Waals surface area contributed by atoms with Crippen LogP contribution in [0.15, 0.2) is 42.9 Å². The second kappa shape index (κ2) is 6.84. The molecular weight excluding hydrogens is 328 g/mol. The average Bonchev–Trinajstić information content (AvgIpc) is 3.18. The van der Waals surface area contributed by atoms with Gasteiger partial charge in [0.05, 0.1) is 12.2 Å². The minimum atomic E-state index is -0.450. The zero-order valence-electron chi connectivity index (χ0n) is 13.3. The Morgan fingerprint density at radius 1 is 1.29 bits per heavy atom. The lowest BCUT2D eigenvalue weighted by Crippen LogP contribution is -2.24. The molecule has 1 unspecified atom stereocenters. The molecule has 0 aliphatic heterocycles. The summed E-state index contributed by atoms with van der Waals surface area (Å²) in [6.45, 7) is 4.12. The van der Waals surface area contributed by atoms with E-state index in [4.69, 9.17) is 11.6 Å². The molecule has 1 amide bonds. The Morgan fingerprint density at radius 3 is 2.79 bits per heavy atom. The first-order valence-corrected chi connectivity index (χ1v) is 7.86. The van der Waals surface area contributed by atoms with Gasteiger partial charge in [0.25, 0.3) is 5.91 Å². The summed E-state index contributed by atoms with van der Waals surface area (Å²) in [4.78, 5) is 16.4. The van der Waals surface area contributed by atoms with Crippen LogP contribution in [-0.2, 0) is 11.3 Å². The number of carbonyl (C=O) groups is 1. The van der Waals surface area contributed by atoms with Crippen LogP contribution < -0.4 is 5.32 Å². The van der Waals surface area contributed by atoms with Crippen LogP contribution in [0, 0.1) is 6.92 Å². The predicted molar refractivity (Wildman–Crippen MR) is 90.9 cm³/mol. The van der Waals surface area contributed by atoms with Crippen molar-refractivity contribution < 1.29 is 4.79 Å². The summed E-state index contributed by atoms with van der Waals surface area (Å²) in [6.07, 6.45) is 3.32. The van der Waals surface area contributed by atoms with E-state index in [1.165, 1.54) is 0 Å². The molecule has 1 N–H and O–H groups in total. The number of hydrogen-bond acceptors (Lipinski definition) is 4. The molecule has 3 aromatic rings. The van der Waals surface area contributed by atoms with Crippen LogP contribution in [0.25, 0.3) is 0 Å². The summed E-state index contributed by atoms with van der Waals surface area (Å²) < 4.78 is 3.23. The van der Waals surface area contributed by atoms with Crippen LogP contribution in [0.3, 0.4) is 0 Å². The molecule has 124 valence electrons. The van der Waals surface area contributed by atoms with Crippen molar-refractivity contribution >= 4 is 23.5 Å². The number of nitrogens with zero attached hydrogens (tertiary/aromatic N) is 5. The maximum absolute atomic E-state index is 12.3. The summed E-state index contributed by atoms with van der Waals surface area (Å²) in [5, 5.41) is 11.9. The Hall–Kier alpha value is -2.67. The normalized spacial score (nSPS) is 12.1. The van der Waals surface area contributed by atoms with E-state index in [0.29, 0.717) is 11.6 Å². The largest absolute Gasteiger partial charge is 0.291 e. The Bertz CT molecular complexity index is 856. The molecule has 0 radical (unpaired) electrons. The summed E-state index contributed by atoms with van der Waals surface area (Å²) in [7, 11) is 0. The highest BCUT2D eigenvalue weighted by Crippen LogP contribution is 2.16. The van der Waals surface area contributed by atoms with E-state index in [1.54, 1.807) is 28.8 Å². The lowest BCUT2D eigenvalue weighted by Gasteiger charge is -2.10. The van der Waals surface area contributed by atoms with E-state index >= 15 is 0 Å². The number of benzene rings is 1. The maximum atomic E-state index is 12.3. The second-order valence-corrected chi connectivity index (χ2v) is 5.87. The van der Waals surface area contributed by atoms with Crippen molar-refractivity contribution in [3.8, 4) is 0 Å². The molecule has 8 heteroatoms. The number of anilines is 1. The van der Waals surface area contributed by atoms with Crippen molar-refractivity contribution in [2.24, 2.45) is 0 Å². The van der Waals surface area contributed by atoms with E-state index in [9.17, 15) is 4.79 Å². The minimum absolute atomic E-state index is 0.228. The van der Waals surface area contributed by atoms with Crippen LogP contribution in [-0.4, -0.2) is 30.5 Å². The van der Waals surface area contributed by atoms with Crippen molar-refractivity contribution in [2.75, 3.05) is 5.32 Å². The summed E-state index contributed by atoms with van der Waals surface area (Å²) in [6, 6.07) is 8.93. The van der Waals surface area contributed by atoms with Gasteiger partial charge in [0, 0.05) is 11.2 Å². The van der Waals surface area contributed by atoms with Crippen molar-refractivity contribution in [1.82, 2.24) is 24.5 Å². The van der Waals surface area contributed by atoms with Crippen LogP contribution in [0.1, 0.15) is 24.2 Å². The van der Waals surface area contributed by atoms with E-state index in [0.717, 1.165) is 11.3 Å². The third-order valence-corrected chi connectivity index (χ3v) is 3.95. The molecule has 0 spiro atoms. The number of amides is 1. The first-order chi connectivity index (χ1) is 11.5. The van der Waals surface area contributed by atoms with Gasteiger partial charge in [0.15, 0.2) is 0 Å². The number of carbonyl (C=O) groups excluding carboxylic acids is 1. The van der Waals surface area contributed by atoms with E-state index in [2.05, 4.69) is 20.5 Å². The Morgan fingerprint density at radius 2 is 2.08 bits per heavy atom. The number of aromatic nitrogens is 5. The van der Waals surface area contributed by atoms with E-state index < -0.39 is 6.04 Å². The number of hydrogen-bond donors (Lipinski definition) is 1. The van der Waals surface area contributed by atoms with Gasteiger partial charge in [-0.25, -0.2) is 9.67 Å². The molecule has 0 saturated heterocycles. The zero-order chi connectivity index (χ0) is 17.1. The molecule has 0 bridgehead atoms. The van der Waals surface area contributed by atoms with Gasteiger partial charge >= 0.3 is 0 Å². The van der Waals surface area contributed by atoms with Gasteiger partial charge in [-0.05, 0) is 31.5 Å². The summed E-state index contributed by atoms with van der Waals surface area (Å²) >= 11 is 6.14. The molecule has 2 aromatic heterocycles. The molecule has 7 nitrogen and oxygen atoms in total. The molecule has 0 fully saturated rings. The number of halogens is 1. The molecule has 0 saturated carbocycles. The SMILES string of the molecule is Cc1ccn(C(C)C(=O)Nc2ncn(Cc3ccccc3Cl)n2)n1. The van der Waals surface area contributed by atoms with Crippen LogP contribution in [0.2, 0.25) is 5.02 Å². The standard InChI is InChI=1S/C16H17ClN6O/c1-11-7-8-23(20-11)12(2)15(24)19-16-18-10-22(21-16)9-13-5-3-4-6-14(13)17/h3-8,10,12H,9H2,1-2H3,(H,19,21,24). The Kier molecular flexibility index (Phi) is 4.61. The van der Waals surface area contributed by atoms with Gasteiger partial charge in [-0.3, -0.25) is 14.8 Å². The van der Waals surface area contributed by atoms with Crippen LogP contribution >= 0.6 is 11.6 Å². The van der Waals surface area contributed by atoms with Crippen LogP contribution in [0.4, 0.5) is 5.95 Å². The number of rotatable bonds is 5.